The molecule has 104 valence electrons. The molecular formula is C12H7BrCl2N2O3. The van der Waals surface area contributed by atoms with E-state index in [1.165, 1.54) is 12.1 Å². The molecule has 0 aliphatic heterocycles. The van der Waals surface area contributed by atoms with Crippen LogP contribution in [0, 0.1) is 17.0 Å². The van der Waals surface area contributed by atoms with Crippen LogP contribution in [0.15, 0.2) is 28.9 Å². The molecule has 0 aliphatic rings. The second-order valence-electron chi connectivity index (χ2n) is 3.87. The van der Waals surface area contributed by atoms with E-state index in [0.29, 0.717) is 5.88 Å². The second-order valence-corrected chi connectivity index (χ2v) is 5.60. The lowest BCUT2D eigenvalue weighted by Gasteiger charge is -2.10. The molecule has 0 spiro atoms. The van der Waals surface area contributed by atoms with E-state index in [2.05, 4.69) is 20.9 Å². The van der Waals surface area contributed by atoms with Crippen molar-refractivity contribution in [2.24, 2.45) is 0 Å². The fourth-order valence-electron chi connectivity index (χ4n) is 1.48. The number of nitro groups is 1. The van der Waals surface area contributed by atoms with E-state index in [4.69, 9.17) is 27.9 Å². The number of nitrogens with zero attached hydrogens (tertiary/aromatic N) is 2. The molecule has 2 aromatic rings. The Morgan fingerprint density at radius 2 is 1.90 bits per heavy atom. The van der Waals surface area contributed by atoms with Crippen molar-refractivity contribution < 1.29 is 9.66 Å². The molecule has 20 heavy (non-hydrogen) atoms. The summed E-state index contributed by atoms with van der Waals surface area (Å²) in [4.78, 5) is 14.2. The van der Waals surface area contributed by atoms with Crippen LogP contribution in [0.5, 0.6) is 11.6 Å². The van der Waals surface area contributed by atoms with Crippen LogP contribution in [0.25, 0.3) is 0 Å². The van der Waals surface area contributed by atoms with Crippen LogP contribution >= 0.6 is 39.1 Å². The van der Waals surface area contributed by atoms with E-state index in [1.807, 2.05) is 6.07 Å². The SMILES string of the molecule is Cc1cc(Br)cnc1Oc1c(Cl)cc([N+](=O)[O-])cc1Cl. The molecule has 0 unspecified atom stereocenters. The van der Waals surface area contributed by atoms with Gasteiger partial charge in [-0.2, -0.15) is 0 Å². The number of hydrogen-bond acceptors (Lipinski definition) is 4. The molecule has 8 heteroatoms. The number of aryl methyl sites for hydroxylation is 1. The summed E-state index contributed by atoms with van der Waals surface area (Å²) in [5.41, 5.74) is 0.567. The number of hydrogen-bond donors (Lipinski definition) is 0. The smallest absolute Gasteiger partial charge is 0.272 e. The minimum Gasteiger partial charge on any atom is -0.436 e. The molecule has 0 bridgehead atoms. The van der Waals surface area contributed by atoms with Crippen molar-refractivity contribution in [3.05, 3.63) is 54.6 Å². The Morgan fingerprint density at radius 1 is 1.30 bits per heavy atom. The Morgan fingerprint density at radius 3 is 2.40 bits per heavy atom. The number of pyridine rings is 1. The van der Waals surface area contributed by atoms with Crippen LogP contribution < -0.4 is 4.74 Å². The van der Waals surface area contributed by atoms with Gasteiger partial charge in [0.25, 0.3) is 5.69 Å². The van der Waals surface area contributed by atoms with Gasteiger partial charge in [0, 0.05) is 28.4 Å². The van der Waals surface area contributed by atoms with Crippen LogP contribution in [0.3, 0.4) is 0 Å². The van der Waals surface area contributed by atoms with Crippen LogP contribution in [0.1, 0.15) is 5.56 Å². The van der Waals surface area contributed by atoms with Gasteiger partial charge in [-0.25, -0.2) is 4.98 Å². The lowest BCUT2D eigenvalue weighted by atomic mass is 10.3. The summed E-state index contributed by atoms with van der Waals surface area (Å²) in [6.07, 6.45) is 1.57. The number of benzene rings is 1. The maximum absolute atomic E-state index is 10.7. The molecule has 0 atom stereocenters. The van der Waals surface area contributed by atoms with Gasteiger partial charge in [0.1, 0.15) is 0 Å². The van der Waals surface area contributed by atoms with Gasteiger partial charge in [0.05, 0.1) is 15.0 Å². The predicted octanol–water partition coefficient (Wildman–Crippen LogP) is 5.16. The number of non-ortho nitro benzene ring substituents is 1. The molecule has 1 aromatic heterocycles. The third-order valence-corrected chi connectivity index (χ3v) is 3.38. The normalized spacial score (nSPS) is 10.4. The Labute approximate surface area is 132 Å². The van der Waals surface area contributed by atoms with Crippen LogP contribution in [-0.4, -0.2) is 9.91 Å². The molecule has 0 saturated heterocycles. The van der Waals surface area contributed by atoms with Crippen LogP contribution in [0.4, 0.5) is 5.69 Å². The zero-order valence-electron chi connectivity index (χ0n) is 10.1. The Hall–Kier alpha value is -1.37. The molecule has 2 rings (SSSR count). The Kier molecular flexibility index (Phi) is 4.47. The standard InChI is InChI=1S/C12H7BrCl2N2O3/c1-6-2-7(13)5-16-12(6)20-11-9(14)3-8(17(18)19)4-10(11)15/h2-5H,1H3. The summed E-state index contributed by atoms with van der Waals surface area (Å²) >= 11 is 15.2. The first-order valence-electron chi connectivity index (χ1n) is 5.32. The maximum atomic E-state index is 10.7. The monoisotopic (exact) mass is 376 g/mol. The van der Waals surface area contributed by atoms with E-state index < -0.39 is 4.92 Å². The molecule has 0 radical (unpaired) electrons. The van der Waals surface area contributed by atoms with Crippen molar-refractivity contribution >= 4 is 44.8 Å². The highest BCUT2D eigenvalue weighted by Gasteiger charge is 2.17. The van der Waals surface area contributed by atoms with Crippen LogP contribution in [0.2, 0.25) is 10.0 Å². The lowest BCUT2D eigenvalue weighted by Crippen LogP contribution is -1.94. The van der Waals surface area contributed by atoms with Crippen molar-refractivity contribution in [2.75, 3.05) is 0 Å². The molecule has 1 heterocycles. The minimum absolute atomic E-state index is 0.0494. The summed E-state index contributed by atoms with van der Waals surface area (Å²) < 4.78 is 6.35. The number of aromatic nitrogens is 1. The summed E-state index contributed by atoms with van der Waals surface area (Å²) in [6.45, 7) is 1.81. The highest BCUT2D eigenvalue weighted by atomic mass is 79.9. The van der Waals surface area contributed by atoms with E-state index in [1.54, 1.807) is 13.1 Å². The average molecular weight is 378 g/mol. The fourth-order valence-corrected chi connectivity index (χ4v) is 2.48. The first-order chi connectivity index (χ1) is 9.38. The third-order valence-electron chi connectivity index (χ3n) is 2.39. The molecule has 0 N–H and O–H groups in total. The van der Waals surface area contributed by atoms with Gasteiger partial charge in [0.15, 0.2) is 5.75 Å². The number of nitro benzene ring substituents is 1. The Balaban J connectivity index is 2.41. The zero-order chi connectivity index (χ0) is 14.9. The molecular weight excluding hydrogens is 371 g/mol. The van der Waals surface area contributed by atoms with Gasteiger partial charge in [-0.3, -0.25) is 10.1 Å². The molecule has 1 aromatic carbocycles. The third kappa shape index (κ3) is 3.20. The topological polar surface area (TPSA) is 65.3 Å². The highest BCUT2D eigenvalue weighted by Crippen LogP contribution is 2.39. The molecule has 0 fully saturated rings. The number of ether oxygens (including phenoxy) is 1. The zero-order valence-corrected chi connectivity index (χ0v) is 13.2. The van der Waals surface area contributed by atoms with Gasteiger partial charge in [-0.1, -0.05) is 23.2 Å². The largest absolute Gasteiger partial charge is 0.436 e. The van der Waals surface area contributed by atoms with E-state index in [0.717, 1.165) is 10.0 Å². The van der Waals surface area contributed by atoms with Gasteiger partial charge in [-0.15, -0.1) is 0 Å². The first-order valence-corrected chi connectivity index (χ1v) is 6.87. The maximum Gasteiger partial charge on any atom is 0.272 e. The van der Waals surface area contributed by atoms with Crippen LogP contribution in [-0.2, 0) is 0 Å². The van der Waals surface area contributed by atoms with Gasteiger partial charge < -0.3 is 4.74 Å². The van der Waals surface area contributed by atoms with Crippen molar-refractivity contribution in [1.82, 2.24) is 4.98 Å². The lowest BCUT2D eigenvalue weighted by molar-refractivity contribution is -0.384. The summed E-state index contributed by atoms with van der Waals surface area (Å²) in [6, 6.07) is 4.17. The molecule has 0 saturated carbocycles. The number of rotatable bonds is 3. The second kappa shape index (κ2) is 5.95. The predicted molar refractivity (Wildman–Crippen MR) is 79.9 cm³/mol. The van der Waals surface area contributed by atoms with E-state index in [9.17, 15) is 10.1 Å². The quantitative estimate of drug-likeness (QED) is 0.547. The minimum atomic E-state index is -0.579. The summed E-state index contributed by atoms with van der Waals surface area (Å²) in [5.74, 6) is 0.461. The fraction of sp³-hybridized carbons (Fsp3) is 0.0833. The van der Waals surface area contributed by atoms with Crippen molar-refractivity contribution in [2.45, 2.75) is 6.92 Å². The Bertz CT molecular complexity index is 671. The van der Waals surface area contributed by atoms with Gasteiger partial charge >= 0.3 is 0 Å². The summed E-state index contributed by atoms with van der Waals surface area (Å²) in [7, 11) is 0. The first kappa shape index (κ1) is 15.0. The average Bonchev–Trinajstić information content (AvgIpc) is 2.35. The summed E-state index contributed by atoms with van der Waals surface area (Å²) in [5, 5.41) is 10.8. The number of halogens is 3. The van der Waals surface area contributed by atoms with Crippen molar-refractivity contribution in [3.8, 4) is 11.6 Å². The molecule has 0 aliphatic carbocycles. The van der Waals surface area contributed by atoms with Gasteiger partial charge in [0.2, 0.25) is 5.88 Å². The van der Waals surface area contributed by atoms with Gasteiger partial charge in [-0.05, 0) is 28.9 Å². The highest BCUT2D eigenvalue weighted by molar-refractivity contribution is 9.10. The molecule has 5 nitrogen and oxygen atoms in total. The van der Waals surface area contributed by atoms with E-state index in [-0.39, 0.29) is 21.5 Å². The van der Waals surface area contributed by atoms with E-state index >= 15 is 0 Å². The molecule has 0 amide bonds. The van der Waals surface area contributed by atoms with Crippen molar-refractivity contribution in [3.63, 3.8) is 0 Å². The van der Waals surface area contributed by atoms with Crippen molar-refractivity contribution in [1.29, 1.82) is 0 Å².